The smallest absolute Gasteiger partial charge is 0.271 e. The van der Waals surface area contributed by atoms with E-state index in [9.17, 15) is 0 Å². The molecule has 4 aromatic rings. The van der Waals surface area contributed by atoms with Crippen LogP contribution in [0.2, 0.25) is 0 Å². The summed E-state index contributed by atoms with van der Waals surface area (Å²) in [5, 5.41) is 12.7. The Kier molecular flexibility index (Phi) is 5.53. The van der Waals surface area contributed by atoms with E-state index in [2.05, 4.69) is 53.6 Å². The van der Waals surface area contributed by atoms with Crippen LogP contribution in [0.3, 0.4) is 0 Å². The van der Waals surface area contributed by atoms with Crippen molar-refractivity contribution < 1.29 is 13.8 Å². The van der Waals surface area contributed by atoms with Crippen LogP contribution in [0.5, 0.6) is 0 Å². The van der Waals surface area contributed by atoms with Crippen molar-refractivity contribution in [2.45, 2.75) is 33.4 Å². The molecular weight excluding hydrogens is 364 g/mol. The van der Waals surface area contributed by atoms with Crippen LogP contribution in [-0.2, 0) is 19.5 Å². The van der Waals surface area contributed by atoms with Crippen molar-refractivity contribution in [3.05, 3.63) is 77.4 Å². The molecule has 0 aliphatic heterocycles. The van der Waals surface area contributed by atoms with E-state index >= 15 is 0 Å². The number of hydrogen-bond donors (Lipinski definition) is 1. The first-order valence-corrected chi connectivity index (χ1v) is 9.87. The van der Waals surface area contributed by atoms with Crippen LogP contribution >= 0.6 is 0 Å². The molecule has 1 atom stereocenters. The lowest BCUT2D eigenvalue weighted by molar-refractivity contribution is -0.909. The molecule has 2 aromatic heterocycles. The predicted molar refractivity (Wildman–Crippen MR) is 110 cm³/mol. The summed E-state index contributed by atoms with van der Waals surface area (Å²) in [6.45, 7) is 5.56. The van der Waals surface area contributed by atoms with Crippen LogP contribution in [0.25, 0.3) is 22.7 Å². The fourth-order valence-corrected chi connectivity index (χ4v) is 3.41. The monoisotopic (exact) mass is 389 g/mol. The number of nitrogens with one attached hydrogen (secondary N) is 1. The SMILES string of the molecule is CCc1ccc(C[NH+](C)Cc2nnc(-c3c(-c4ccccc4)noc3C)o2)cc1. The van der Waals surface area contributed by atoms with Gasteiger partial charge in [0.05, 0.1) is 7.05 Å². The van der Waals surface area contributed by atoms with Gasteiger partial charge in [-0.2, -0.15) is 0 Å². The first-order chi connectivity index (χ1) is 14.1. The van der Waals surface area contributed by atoms with Crippen LogP contribution < -0.4 is 4.90 Å². The molecule has 0 saturated carbocycles. The number of aryl methyl sites for hydroxylation is 2. The standard InChI is InChI=1S/C23H24N4O2/c1-4-17-10-12-18(13-11-17)14-27(3)15-20-24-25-23(28-20)21-16(2)29-26-22(21)19-8-6-5-7-9-19/h5-13H,4,14-15H2,1-3H3/p+1. The number of rotatable bonds is 7. The zero-order valence-corrected chi connectivity index (χ0v) is 17.0. The first-order valence-electron chi connectivity index (χ1n) is 9.87. The molecule has 29 heavy (non-hydrogen) atoms. The molecule has 2 aromatic carbocycles. The van der Waals surface area contributed by atoms with Gasteiger partial charge in [-0.3, -0.25) is 0 Å². The summed E-state index contributed by atoms with van der Waals surface area (Å²) in [4.78, 5) is 1.27. The summed E-state index contributed by atoms with van der Waals surface area (Å²) >= 11 is 0. The van der Waals surface area contributed by atoms with Crippen molar-refractivity contribution in [1.29, 1.82) is 0 Å². The molecule has 0 aliphatic rings. The van der Waals surface area contributed by atoms with Gasteiger partial charge in [-0.05, 0) is 18.9 Å². The number of hydrogen-bond acceptors (Lipinski definition) is 5. The van der Waals surface area contributed by atoms with E-state index in [1.54, 1.807) is 0 Å². The lowest BCUT2D eigenvalue weighted by Crippen LogP contribution is -3.06. The molecule has 0 fully saturated rings. The summed E-state index contributed by atoms with van der Waals surface area (Å²) in [6.07, 6.45) is 1.06. The van der Waals surface area contributed by atoms with E-state index in [4.69, 9.17) is 8.94 Å². The van der Waals surface area contributed by atoms with Gasteiger partial charge >= 0.3 is 0 Å². The minimum atomic E-state index is 0.442. The third kappa shape index (κ3) is 4.27. The molecule has 1 unspecified atom stereocenters. The molecule has 2 heterocycles. The predicted octanol–water partition coefficient (Wildman–Crippen LogP) is 3.48. The number of benzene rings is 2. The van der Waals surface area contributed by atoms with Gasteiger partial charge < -0.3 is 13.8 Å². The maximum atomic E-state index is 5.97. The van der Waals surface area contributed by atoms with Crippen molar-refractivity contribution in [3.8, 4) is 22.7 Å². The van der Waals surface area contributed by atoms with E-state index in [-0.39, 0.29) is 0 Å². The Balaban J connectivity index is 1.49. The summed E-state index contributed by atoms with van der Waals surface area (Å²) < 4.78 is 11.4. The van der Waals surface area contributed by atoms with Gasteiger partial charge in [0.2, 0.25) is 0 Å². The zero-order chi connectivity index (χ0) is 20.2. The van der Waals surface area contributed by atoms with E-state index in [1.807, 2.05) is 37.3 Å². The second-order valence-corrected chi connectivity index (χ2v) is 7.31. The normalized spacial score (nSPS) is 12.2. The molecule has 6 nitrogen and oxygen atoms in total. The highest BCUT2D eigenvalue weighted by Crippen LogP contribution is 2.33. The van der Waals surface area contributed by atoms with Crippen molar-refractivity contribution in [1.82, 2.24) is 15.4 Å². The third-order valence-corrected chi connectivity index (χ3v) is 4.98. The molecule has 1 N–H and O–H groups in total. The lowest BCUT2D eigenvalue weighted by atomic mass is 10.1. The summed E-state index contributed by atoms with van der Waals surface area (Å²) in [6, 6.07) is 18.6. The summed E-state index contributed by atoms with van der Waals surface area (Å²) in [5.41, 5.74) is 5.07. The van der Waals surface area contributed by atoms with Crippen molar-refractivity contribution in [2.75, 3.05) is 7.05 Å². The van der Waals surface area contributed by atoms with E-state index in [0.29, 0.717) is 24.1 Å². The van der Waals surface area contributed by atoms with Gasteiger partial charge in [0.25, 0.3) is 11.8 Å². The van der Waals surface area contributed by atoms with E-state index < -0.39 is 0 Å². The second-order valence-electron chi connectivity index (χ2n) is 7.31. The van der Waals surface area contributed by atoms with Gasteiger partial charge in [0.1, 0.15) is 23.6 Å². The average Bonchev–Trinajstić information content (AvgIpc) is 3.35. The van der Waals surface area contributed by atoms with E-state index in [1.165, 1.54) is 16.0 Å². The zero-order valence-electron chi connectivity index (χ0n) is 17.0. The molecule has 0 saturated heterocycles. The Morgan fingerprint density at radius 3 is 2.34 bits per heavy atom. The average molecular weight is 389 g/mol. The van der Waals surface area contributed by atoms with Crippen LogP contribution in [0.4, 0.5) is 0 Å². The molecule has 0 amide bonds. The molecule has 0 aliphatic carbocycles. The lowest BCUT2D eigenvalue weighted by Gasteiger charge is -2.12. The minimum absolute atomic E-state index is 0.442. The summed E-state index contributed by atoms with van der Waals surface area (Å²) in [7, 11) is 2.12. The molecule has 0 radical (unpaired) electrons. The van der Waals surface area contributed by atoms with Crippen LogP contribution in [0.1, 0.15) is 29.7 Å². The topological polar surface area (TPSA) is 69.4 Å². The van der Waals surface area contributed by atoms with Crippen molar-refractivity contribution in [2.24, 2.45) is 0 Å². The minimum Gasteiger partial charge on any atom is -0.415 e. The van der Waals surface area contributed by atoms with Crippen LogP contribution in [-0.4, -0.2) is 22.4 Å². The van der Waals surface area contributed by atoms with Crippen LogP contribution in [0.15, 0.2) is 63.5 Å². The molecule has 148 valence electrons. The molecule has 0 bridgehead atoms. The van der Waals surface area contributed by atoms with Gasteiger partial charge in [-0.25, -0.2) is 0 Å². The molecular formula is C23H25N4O2+. The molecule has 0 spiro atoms. The Bertz CT molecular complexity index is 1070. The molecule has 4 rings (SSSR count). The highest BCUT2D eigenvalue weighted by atomic mass is 16.5. The number of quaternary nitrogens is 1. The van der Waals surface area contributed by atoms with E-state index in [0.717, 1.165) is 29.8 Å². The fourth-order valence-electron chi connectivity index (χ4n) is 3.41. The highest BCUT2D eigenvalue weighted by Gasteiger charge is 2.22. The first kappa shape index (κ1) is 19.1. The maximum Gasteiger partial charge on any atom is 0.271 e. The van der Waals surface area contributed by atoms with Gasteiger partial charge in [-0.15, -0.1) is 10.2 Å². The van der Waals surface area contributed by atoms with Gasteiger partial charge in [0.15, 0.2) is 6.54 Å². The van der Waals surface area contributed by atoms with Crippen molar-refractivity contribution >= 4 is 0 Å². The number of aromatic nitrogens is 3. The van der Waals surface area contributed by atoms with Gasteiger partial charge in [-0.1, -0.05) is 66.7 Å². The number of nitrogens with zero attached hydrogens (tertiary/aromatic N) is 3. The summed E-state index contributed by atoms with van der Waals surface area (Å²) in [5.74, 6) is 1.70. The Morgan fingerprint density at radius 1 is 0.897 bits per heavy atom. The Labute approximate surface area is 170 Å². The third-order valence-electron chi connectivity index (χ3n) is 4.98. The Morgan fingerprint density at radius 2 is 1.62 bits per heavy atom. The Hall–Kier alpha value is -3.25. The fraction of sp³-hybridized carbons (Fsp3) is 0.261. The van der Waals surface area contributed by atoms with Crippen molar-refractivity contribution in [3.63, 3.8) is 0 Å². The second kappa shape index (κ2) is 8.41. The maximum absolute atomic E-state index is 5.97. The molecule has 6 heteroatoms. The quantitative estimate of drug-likeness (QED) is 0.524. The largest absolute Gasteiger partial charge is 0.415 e. The highest BCUT2D eigenvalue weighted by molar-refractivity contribution is 5.77. The van der Waals surface area contributed by atoms with Crippen LogP contribution in [0, 0.1) is 6.92 Å². The van der Waals surface area contributed by atoms with Gasteiger partial charge in [0, 0.05) is 11.1 Å².